The van der Waals surface area contributed by atoms with E-state index in [0.717, 1.165) is 32.3 Å². The van der Waals surface area contributed by atoms with E-state index in [1.165, 1.54) is 0 Å². The molecule has 0 spiro atoms. The molecule has 1 unspecified atom stereocenters. The molecule has 0 radical (unpaired) electrons. The molecule has 1 aromatic carbocycles. The molecule has 0 aliphatic carbocycles. The Kier molecular flexibility index (Phi) is 9.16. The lowest BCUT2D eigenvalue weighted by molar-refractivity contribution is -0.168. The number of alkyl halides is 4. The minimum Gasteiger partial charge on any atom is -0.378 e. The molecule has 1 fully saturated rings. The van der Waals surface area contributed by atoms with Crippen LogP contribution in [-0.4, -0.2) is 55.7 Å². The Bertz CT molecular complexity index is 646. The number of anilines is 1. The van der Waals surface area contributed by atoms with E-state index in [1.807, 2.05) is 0 Å². The van der Waals surface area contributed by atoms with Gasteiger partial charge in [0.05, 0.1) is 12.7 Å². The van der Waals surface area contributed by atoms with Crippen molar-refractivity contribution in [3.8, 4) is 0 Å². The van der Waals surface area contributed by atoms with Gasteiger partial charge in [0.2, 0.25) is 0 Å². The molecule has 2 amide bonds. The summed E-state index contributed by atoms with van der Waals surface area (Å²) in [5.41, 5.74) is 0.983. The molecule has 9 heteroatoms. The number of ether oxygens (including phenoxy) is 2. The lowest BCUT2D eigenvalue weighted by Gasteiger charge is -2.21. The van der Waals surface area contributed by atoms with Crippen LogP contribution in [0.1, 0.15) is 38.2 Å². The Hall–Kier alpha value is -1.87. The third-order valence-electron chi connectivity index (χ3n) is 4.58. The fraction of sp³-hybridized carbons (Fsp3) is 0.650. The lowest BCUT2D eigenvalue weighted by atomic mass is 10.2. The van der Waals surface area contributed by atoms with Crippen LogP contribution < -0.4 is 5.32 Å². The predicted octanol–water partition coefficient (Wildman–Crippen LogP) is 4.92. The van der Waals surface area contributed by atoms with Gasteiger partial charge in [-0.15, -0.1) is 0 Å². The number of hydrogen-bond acceptors (Lipinski definition) is 3. The molecule has 2 rings (SSSR count). The smallest absolute Gasteiger partial charge is 0.330 e. The Balaban J connectivity index is 1.84. The number of benzene rings is 1. The Morgan fingerprint density at radius 3 is 2.83 bits per heavy atom. The van der Waals surface area contributed by atoms with Gasteiger partial charge in [-0.2, -0.15) is 8.78 Å². The van der Waals surface area contributed by atoms with Crippen molar-refractivity contribution in [2.45, 2.75) is 57.7 Å². The Morgan fingerprint density at radius 1 is 1.31 bits per heavy atom. The zero-order chi connectivity index (χ0) is 21.3. The molecule has 1 heterocycles. The molecule has 1 saturated heterocycles. The van der Waals surface area contributed by atoms with Crippen molar-refractivity contribution >= 4 is 11.7 Å². The average Bonchev–Trinajstić information content (AvgIpc) is 2.92. The Morgan fingerprint density at radius 2 is 2.10 bits per heavy atom. The average molecular weight is 420 g/mol. The number of halogens is 4. The lowest BCUT2D eigenvalue weighted by Crippen LogP contribution is -2.36. The third-order valence-corrected chi connectivity index (χ3v) is 4.58. The van der Waals surface area contributed by atoms with Crippen LogP contribution >= 0.6 is 0 Å². The number of amides is 2. The number of nitrogens with one attached hydrogen (secondary N) is 1. The molecule has 1 aromatic rings. The molecule has 5 nitrogen and oxygen atoms in total. The first-order valence-corrected chi connectivity index (χ1v) is 9.82. The van der Waals surface area contributed by atoms with E-state index in [1.54, 1.807) is 29.2 Å². The number of carbonyl (C=O) groups excluding carboxylic acids is 1. The molecule has 1 aliphatic rings. The molecule has 0 aromatic heterocycles. The van der Waals surface area contributed by atoms with Crippen LogP contribution in [0.5, 0.6) is 0 Å². The minimum atomic E-state index is -4.18. The van der Waals surface area contributed by atoms with Gasteiger partial charge >= 0.3 is 18.4 Å². The first kappa shape index (κ1) is 23.4. The van der Waals surface area contributed by atoms with Crippen LogP contribution in [-0.2, 0) is 16.1 Å². The van der Waals surface area contributed by atoms with Gasteiger partial charge in [-0.05, 0) is 43.4 Å². The van der Waals surface area contributed by atoms with Gasteiger partial charge in [0.1, 0.15) is 6.61 Å². The van der Waals surface area contributed by atoms with Gasteiger partial charge in [-0.3, -0.25) is 0 Å². The maximum atomic E-state index is 12.9. The summed E-state index contributed by atoms with van der Waals surface area (Å²) < 4.78 is 60.6. The summed E-state index contributed by atoms with van der Waals surface area (Å²) >= 11 is 0. The van der Waals surface area contributed by atoms with Gasteiger partial charge in [-0.1, -0.05) is 19.1 Å². The molecule has 1 N–H and O–H groups in total. The fourth-order valence-electron chi connectivity index (χ4n) is 3.03. The number of urea groups is 1. The van der Waals surface area contributed by atoms with Crippen molar-refractivity contribution in [1.29, 1.82) is 0 Å². The highest BCUT2D eigenvalue weighted by molar-refractivity contribution is 5.89. The van der Waals surface area contributed by atoms with E-state index in [4.69, 9.17) is 9.47 Å². The van der Waals surface area contributed by atoms with Crippen LogP contribution in [0.25, 0.3) is 0 Å². The first-order chi connectivity index (χ1) is 13.8. The normalized spacial score (nSPS) is 18.0. The van der Waals surface area contributed by atoms with Gasteiger partial charge < -0.3 is 19.7 Å². The van der Waals surface area contributed by atoms with Gasteiger partial charge in [-0.25, -0.2) is 13.6 Å². The number of likely N-dealkylation sites (tertiary alicyclic amines) is 1. The minimum absolute atomic E-state index is 0.166. The highest BCUT2D eigenvalue weighted by Crippen LogP contribution is 2.23. The monoisotopic (exact) mass is 420 g/mol. The van der Waals surface area contributed by atoms with Crippen molar-refractivity contribution < 1.29 is 31.8 Å². The number of nitrogens with zero attached hydrogens (tertiary/aromatic N) is 1. The summed E-state index contributed by atoms with van der Waals surface area (Å²) in [7, 11) is 0. The van der Waals surface area contributed by atoms with Gasteiger partial charge in [0.25, 0.3) is 0 Å². The molecule has 1 aliphatic heterocycles. The molecular weight excluding hydrogens is 392 g/mol. The second-order valence-electron chi connectivity index (χ2n) is 7.10. The maximum absolute atomic E-state index is 12.9. The summed E-state index contributed by atoms with van der Waals surface area (Å²) in [6.45, 7) is 2.37. The van der Waals surface area contributed by atoms with E-state index in [0.29, 0.717) is 24.3 Å². The molecule has 164 valence electrons. The number of carbonyl (C=O) groups is 1. The third kappa shape index (κ3) is 7.81. The van der Waals surface area contributed by atoms with Crippen molar-refractivity contribution in [3.63, 3.8) is 0 Å². The second kappa shape index (κ2) is 11.3. The Labute approximate surface area is 168 Å². The van der Waals surface area contributed by atoms with E-state index in [2.05, 4.69) is 12.2 Å². The van der Waals surface area contributed by atoms with Crippen LogP contribution in [0.2, 0.25) is 0 Å². The fourth-order valence-corrected chi connectivity index (χ4v) is 3.03. The first-order valence-electron chi connectivity index (χ1n) is 9.82. The van der Waals surface area contributed by atoms with Crippen molar-refractivity contribution in [1.82, 2.24) is 4.90 Å². The highest BCUT2D eigenvalue weighted by atomic mass is 19.3. The summed E-state index contributed by atoms with van der Waals surface area (Å²) in [5.74, 6) is -4.18. The summed E-state index contributed by atoms with van der Waals surface area (Å²) in [5, 5.41) is 2.79. The summed E-state index contributed by atoms with van der Waals surface area (Å²) in [6.07, 6.45) is -0.0954. The molecular formula is C20H28F4N2O3. The number of rotatable bonds is 9. The van der Waals surface area contributed by atoms with Crippen LogP contribution in [0.4, 0.5) is 28.0 Å². The van der Waals surface area contributed by atoms with Crippen LogP contribution in [0, 0.1) is 0 Å². The van der Waals surface area contributed by atoms with Crippen molar-refractivity contribution in [3.05, 3.63) is 29.8 Å². The van der Waals surface area contributed by atoms with Gasteiger partial charge in [0.15, 0.2) is 0 Å². The standard InChI is InChI=1S/C20H28F4N2O3/c1-2-11-29-17-7-4-9-26(10-8-17)19(27)25-16-6-3-5-15(12-16)13-28-14-20(23,24)18(21)22/h3,5-6,12,17-18H,2,4,7-11,13-14H2,1H3,(H,25,27). The largest absolute Gasteiger partial charge is 0.378 e. The molecule has 0 bridgehead atoms. The zero-order valence-corrected chi connectivity index (χ0v) is 16.5. The van der Waals surface area contributed by atoms with Gasteiger partial charge in [0, 0.05) is 25.4 Å². The van der Waals surface area contributed by atoms with E-state index in [-0.39, 0.29) is 18.7 Å². The van der Waals surface area contributed by atoms with Crippen molar-refractivity contribution in [2.75, 3.05) is 31.6 Å². The van der Waals surface area contributed by atoms with E-state index in [9.17, 15) is 22.4 Å². The topological polar surface area (TPSA) is 50.8 Å². The molecule has 29 heavy (non-hydrogen) atoms. The highest BCUT2D eigenvalue weighted by Gasteiger charge is 2.40. The maximum Gasteiger partial charge on any atom is 0.330 e. The summed E-state index contributed by atoms with van der Waals surface area (Å²) in [6, 6.07) is 6.24. The quantitative estimate of drug-likeness (QED) is 0.577. The molecule has 0 saturated carbocycles. The van der Waals surface area contributed by atoms with Crippen LogP contribution in [0.15, 0.2) is 24.3 Å². The summed E-state index contributed by atoms with van der Waals surface area (Å²) in [4.78, 5) is 14.3. The SMILES string of the molecule is CCCOC1CCCN(C(=O)Nc2cccc(COCC(F)(F)C(F)F)c2)CC1. The van der Waals surface area contributed by atoms with E-state index < -0.39 is 19.0 Å². The molecule has 1 atom stereocenters. The number of hydrogen-bond donors (Lipinski definition) is 1. The van der Waals surface area contributed by atoms with E-state index >= 15 is 0 Å². The predicted molar refractivity (Wildman–Crippen MR) is 102 cm³/mol. The second-order valence-corrected chi connectivity index (χ2v) is 7.10. The van der Waals surface area contributed by atoms with Crippen LogP contribution in [0.3, 0.4) is 0 Å². The zero-order valence-electron chi connectivity index (χ0n) is 16.5. The van der Waals surface area contributed by atoms with Crippen molar-refractivity contribution in [2.24, 2.45) is 0 Å².